The van der Waals surface area contributed by atoms with E-state index in [1.165, 1.54) is 6.26 Å². The van der Waals surface area contributed by atoms with E-state index in [-0.39, 0.29) is 12.6 Å². The highest BCUT2D eigenvalue weighted by molar-refractivity contribution is 7.88. The van der Waals surface area contributed by atoms with Crippen LogP contribution in [-0.4, -0.2) is 62.3 Å². The molecular formula is C19H28N4O3S2. The van der Waals surface area contributed by atoms with Crippen LogP contribution >= 0.6 is 11.3 Å². The number of rotatable bonds is 7. The normalized spacial score (nSPS) is 19.8. The standard InChI is InChI=1S/C19H28N4O3S2/c1-3-20-19(21-12-15-8-6-10-23(15)28(2,25)26)22-13-16(24)18-11-14-7-4-5-9-17(14)27-18/h4-5,7,9,11,15-16,24H,3,6,8,10,12-13H2,1-2H3,(H2,20,21,22)/t15-,16?/m1/s1. The molecule has 0 amide bonds. The van der Waals surface area contributed by atoms with Gasteiger partial charge in [0.2, 0.25) is 10.0 Å². The number of aliphatic hydroxyl groups excluding tert-OH is 1. The Balaban J connectivity index is 1.62. The third-order valence-electron chi connectivity index (χ3n) is 4.79. The van der Waals surface area contributed by atoms with Gasteiger partial charge in [-0.1, -0.05) is 18.2 Å². The number of hydrogen-bond donors (Lipinski definition) is 3. The molecule has 2 heterocycles. The van der Waals surface area contributed by atoms with E-state index in [4.69, 9.17) is 0 Å². The van der Waals surface area contributed by atoms with Crippen molar-refractivity contribution in [1.82, 2.24) is 14.9 Å². The van der Waals surface area contributed by atoms with Crippen LogP contribution < -0.4 is 10.6 Å². The van der Waals surface area contributed by atoms with Crippen molar-refractivity contribution < 1.29 is 13.5 Å². The number of aliphatic imine (C=N–C) groups is 1. The molecule has 0 bridgehead atoms. The van der Waals surface area contributed by atoms with Crippen molar-refractivity contribution in [2.24, 2.45) is 4.99 Å². The first-order valence-electron chi connectivity index (χ1n) is 9.54. The second-order valence-corrected chi connectivity index (χ2v) is 10.0. The van der Waals surface area contributed by atoms with Gasteiger partial charge < -0.3 is 15.7 Å². The van der Waals surface area contributed by atoms with Crippen molar-refractivity contribution in [3.8, 4) is 0 Å². The molecule has 1 aromatic carbocycles. The van der Waals surface area contributed by atoms with Gasteiger partial charge in [0.25, 0.3) is 0 Å². The minimum atomic E-state index is -3.19. The molecule has 9 heteroatoms. The average molecular weight is 425 g/mol. The maximum Gasteiger partial charge on any atom is 0.211 e. The van der Waals surface area contributed by atoms with Crippen LogP contribution in [0.5, 0.6) is 0 Å². The summed E-state index contributed by atoms with van der Waals surface area (Å²) >= 11 is 1.57. The number of guanidine groups is 1. The van der Waals surface area contributed by atoms with Gasteiger partial charge in [-0.15, -0.1) is 11.3 Å². The Morgan fingerprint density at radius 1 is 1.39 bits per heavy atom. The maximum absolute atomic E-state index is 11.9. The molecule has 3 rings (SSSR count). The van der Waals surface area contributed by atoms with Crippen LogP contribution in [0.25, 0.3) is 10.1 Å². The number of aliphatic hydroxyl groups is 1. The number of nitrogens with zero attached hydrogens (tertiary/aromatic N) is 2. The monoisotopic (exact) mass is 424 g/mol. The van der Waals surface area contributed by atoms with Crippen molar-refractivity contribution in [2.75, 3.05) is 32.4 Å². The van der Waals surface area contributed by atoms with Gasteiger partial charge in [-0.3, -0.25) is 4.99 Å². The fourth-order valence-electron chi connectivity index (χ4n) is 3.44. The molecule has 154 valence electrons. The van der Waals surface area contributed by atoms with Crippen molar-refractivity contribution in [3.05, 3.63) is 35.2 Å². The Morgan fingerprint density at radius 3 is 2.89 bits per heavy atom. The molecule has 2 aromatic rings. The molecule has 0 aliphatic carbocycles. The van der Waals surface area contributed by atoms with Crippen molar-refractivity contribution in [3.63, 3.8) is 0 Å². The van der Waals surface area contributed by atoms with Gasteiger partial charge in [0, 0.05) is 35.3 Å². The zero-order valence-electron chi connectivity index (χ0n) is 16.3. The van der Waals surface area contributed by atoms with Gasteiger partial charge in [-0.2, -0.15) is 4.31 Å². The van der Waals surface area contributed by atoms with Crippen LogP contribution in [-0.2, 0) is 10.0 Å². The molecule has 1 aromatic heterocycles. The molecule has 0 radical (unpaired) electrons. The molecule has 0 saturated carbocycles. The third-order valence-corrected chi connectivity index (χ3v) is 7.34. The van der Waals surface area contributed by atoms with Crippen LogP contribution in [0.4, 0.5) is 0 Å². The maximum atomic E-state index is 11.9. The highest BCUT2D eigenvalue weighted by Crippen LogP contribution is 2.29. The largest absolute Gasteiger partial charge is 0.386 e. The highest BCUT2D eigenvalue weighted by Gasteiger charge is 2.31. The summed E-state index contributed by atoms with van der Waals surface area (Å²) in [7, 11) is -3.19. The predicted molar refractivity (Wildman–Crippen MR) is 115 cm³/mol. The van der Waals surface area contributed by atoms with E-state index >= 15 is 0 Å². The van der Waals surface area contributed by atoms with Crippen molar-refractivity contribution in [1.29, 1.82) is 0 Å². The topological polar surface area (TPSA) is 94.0 Å². The van der Waals surface area contributed by atoms with Crippen LogP contribution in [0.15, 0.2) is 35.3 Å². The van der Waals surface area contributed by atoms with Gasteiger partial charge in [0.1, 0.15) is 6.10 Å². The fraction of sp³-hybridized carbons (Fsp3) is 0.526. The molecule has 3 N–H and O–H groups in total. The zero-order valence-corrected chi connectivity index (χ0v) is 17.9. The second kappa shape index (κ2) is 9.21. The van der Waals surface area contributed by atoms with E-state index in [0.717, 1.165) is 27.8 Å². The summed E-state index contributed by atoms with van der Waals surface area (Å²) in [6.07, 6.45) is 2.29. The smallest absolute Gasteiger partial charge is 0.211 e. The van der Waals surface area contributed by atoms with Crippen LogP contribution in [0.1, 0.15) is 30.7 Å². The van der Waals surface area contributed by atoms with E-state index in [1.807, 2.05) is 37.3 Å². The number of nitrogens with one attached hydrogen (secondary N) is 2. The van der Waals surface area contributed by atoms with Gasteiger partial charge >= 0.3 is 0 Å². The number of benzene rings is 1. The molecule has 1 saturated heterocycles. The van der Waals surface area contributed by atoms with Crippen molar-refractivity contribution in [2.45, 2.75) is 31.9 Å². The Hall–Kier alpha value is -1.68. The molecule has 2 atom stereocenters. The van der Waals surface area contributed by atoms with E-state index in [2.05, 4.69) is 15.6 Å². The van der Waals surface area contributed by atoms with E-state index < -0.39 is 16.1 Å². The first-order valence-corrected chi connectivity index (χ1v) is 12.2. The minimum Gasteiger partial charge on any atom is -0.386 e. The second-order valence-electron chi connectivity index (χ2n) is 6.97. The summed E-state index contributed by atoms with van der Waals surface area (Å²) < 4.78 is 26.5. The Bertz CT molecular complexity index is 893. The molecule has 1 aliphatic heterocycles. The lowest BCUT2D eigenvalue weighted by atomic mass is 10.2. The number of fused-ring (bicyclic) bond motifs is 1. The van der Waals surface area contributed by atoms with Gasteiger partial charge in [0.05, 0.1) is 12.8 Å². The summed E-state index contributed by atoms with van der Waals surface area (Å²) in [5, 5.41) is 18.0. The Kier molecular flexibility index (Phi) is 6.92. The fourth-order valence-corrected chi connectivity index (χ4v) is 5.66. The first kappa shape index (κ1) is 21.0. The summed E-state index contributed by atoms with van der Waals surface area (Å²) in [6, 6.07) is 9.99. The first-order chi connectivity index (χ1) is 13.4. The van der Waals surface area contributed by atoms with E-state index in [9.17, 15) is 13.5 Å². The zero-order chi connectivity index (χ0) is 20.1. The lowest BCUT2D eigenvalue weighted by molar-refractivity contribution is 0.191. The van der Waals surface area contributed by atoms with E-state index in [1.54, 1.807) is 15.6 Å². The van der Waals surface area contributed by atoms with E-state index in [0.29, 0.717) is 25.6 Å². The summed E-state index contributed by atoms with van der Waals surface area (Å²) in [4.78, 5) is 5.38. The molecule has 0 spiro atoms. The quantitative estimate of drug-likeness (QED) is 0.466. The minimum absolute atomic E-state index is 0.0635. The molecular weight excluding hydrogens is 396 g/mol. The summed E-state index contributed by atoms with van der Waals surface area (Å²) in [5.74, 6) is 0.586. The van der Waals surface area contributed by atoms with Crippen LogP contribution in [0.3, 0.4) is 0 Å². The third kappa shape index (κ3) is 5.22. The number of thiophene rings is 1. The van der Waals surface area contributed by atoms with Gasteiger partial charge in [0.15, 0.2) is 5.96 Å². The van der Waals surface area contributed by atoms with Gasteiger partial charge in [-0.25, -0.2) is 8.42 Å². The summed E-state index contributed by atoms with van der Waals surface area (Å²) in [5.41, 5.74) is 0. The highest BCUT2D eigenvalue weighted by atomic mass is 32.2. The Labute approximate surface area is 170 Å². The molecule has 1 aliphatic rings. The van der Waals surface area contributed by atoms with Crippen molar-refractivity contribution >= 4 is 37.4 Å². The summed E-state index contributed by atoms with van der Waals surface area (Å²) in [6.45, 7) is 3.97. The molecule has 1 fully saturated rings. The molecule has 1 unspecified atom stereocenters. The predicted octanol–water partition coefficient (Wildman–Crippen LogP) is 1.91. The average Bonchev–Trinajstić information content (AvgIpc) is 3.30. The van der Waals surface area contributed by atoms with Crippen LogP contribution in [0, 0.1) is 0 Å². The van der Waals surface area contributed by atoms with Gasteiger partial charge in [-0.05, 0) is 37.3 Å². The molecule has 28 heavy (non-hydrogen) atoms. The lowest BCUT2D eigenvalue weighted by Gasteiger charge is -2.23. The number of sulfonamides is 1. The Morgan fingerprint density at radius 2 is 2.18 bits per heavy atom. The SMILES string of the molecule is CCNC(=NCC(O)c1cc2ccccc2s1)NC[C@H]1CCCN1S(C)(=O)=O. The van der Waals surface area contributed by atoms with Crippen LogP contribution in [0.2, 0.25) is 0 Å². The molecule has 7 nitrogen and oxygen atoms in total. The number of hydrogen-bond acceptors (Lipinski definition) is 5. The lowest BCUT2D eigenvalue weighted by Crippen LogP contribution is -2.46.